The number of amides is 1. The first-order chi connectivity index (χ1) is 11.9. The van der Waals surface area contributed by atoms with E-state index >= 15 is 0 Å². The molecule has 1 aliphatic heterocycles. The summed E-state index contributed by atoms with van der Waals surface area (Å²) in [5.74, 6) is 0. The third-order valence-electron chi connectivity index (χ3n) is 5.66. The lowest BCUT2D eigenvalue weighted by Gasteiger charge is -2.54. The van der Waals surface area contributed by atoms with Crippen LogP contribution in [0.5, 0.6) is 0 Å². The molecular formula is C18H26BrN3O4. The molecule has 1 N–H and O–H groups in total. The van der Waals surface area contributed by atoms with Crippen molar-refractivity contribution in [3.8, 4) is 0 Å². The summed E-state index contributed by atoms with van der Waals surface area (Å²) in [7, 11) is 0. The van der Waals surface area contributed by atoms with Crippen molar-refractivity contribution in [2.24, 2.45) is 5.41 Å². The number of benzene rings is 1. The number of piperazine rings is 1. The Labute approximate surface area is 162 Å². The Hall–Kier alpha value is -1.67. The molecule has 0 aromatic heterocycles. The van der Waals surface area contributed by atoms with E-state index in [1.165, 1.54) is 11.0 Å². The highest BCUT2D eigenvalue weighted by Crippen LogP contribution is 2.39. The summed E-state index contributed by atoms with van der Waals surface area (Å²) in [6, 6.07) is 3.42. The summed E-state index contributed by atoms with van der Waals surface area (Å²) in [6.45, 7) is 12.0. The Balaban J connectivity index is 2.33. The molecule has 1 aromatic rings. The maximum Gasteiger partial charge on any atom is 0.407 e. The highest BCUT2D eigenvalue weighted by Gasteiger charge is 2.48. The van der Waals surface area contributed by atoms with Crippen LogP contribution in [0.4, 0.5) is 10.5 Å². The lowest BCUT2D eigenvalue weighted by atomic mass is 9.72. The predicted octanol–water partition coefficient (Wildman–Crippen LogP) is 4.27. The average Bonchev–Trinajstić information content (AvgIpc) is 2.49. The van der Waals surface area contributed by atoms with Gasteiger partial charge in [0.15, 0.2) is 0 Å². The zero-order valence-corrected chi connectivity index (χ0v) is 17.5. The molecule has 1 fully saturated rings. The molecule has 7 nitrogen and oxygen atoms in total. The standard InChI is InChI=1S/C18H26BrN3O4/c1-12-13(8-14(19)9-15(12)22(25)26)10-20-6-7-21(16(23)24)18(5,11-20)17(2,3)4/h8-9H,6-7,10-11H2,1-5H3,(H,23,24). The Bertz CT molecular complexity index is 732. The largest absolute Gasteiger partial charge is 0.465 e. The highest BCUT2D eigenvalue weighted by molar-refractivity contribution is 9.10. The van der Waals surface area contributed by atoms with Crippen LogP contribution in [-0.4, -0.2) is 51.1 Å². The van der Waals surface area contributed by atoms with Gasteiger partial charge in [-0.15, -0.1) is 0 Å². The molecule has 0 saturated carbocycles. The summed E-state index contributed by atoms with van der Waals surface area (Å²) in [5.41, 5.74) is 0.824. The van der Waals surface area contributed by atoms with Gasteiger partial charge in [-0.3, -0.25) is 19.9 Å². The van der Waals surface area contributed by atoms with Crippen LogP contribution in [0.15, 0.2) is 16.6 Å². The fraction of sp³-hybridized carbons (Fsp3) is 0.611. The van der Waals surface area contributed by atoms with Crippen molar-refractivity contribution >= 4 is 27.7 Å². The molecule has 1 unspecified atom stereocenters. The summed E-state index contributed by atoms with van der Waals surface area (Å²) in [4.78, 5) is 26.3. The number of nitrogens with zero attached hydrogens (tertiary/aromatic N) is 3. The van der Waals surface area contributed by atoms with Crippen LogP contribution in [-0.2, 0) is 6.54 Å². The van der Waals surface area contributed by atoms with E-state index in [0.29, 0.717) is 36.2 Å². The smallest absolute Gasteiger partial charge is 0.407 e. The number of nitro groups is 1. The topological polar surface area (TPSA) is 86.9 Å². The van der Waals surface area contributed by atoms with Gasteiger partial charge in [0.25, 0.3) is 5.69 Å². The minimum Gasteiger partial charge on any atom is -0.465 e. The van der Waals surface area contributed by atoms with Crippen LogP contribution in [0.3, 0.4) is 0 Å². The summed E-state index contributed by atoms with van der Waals surface area (Å²) < 4.78 is 0.674. The van der Waals surface area contributed by atoms with Crippen LogP contribution >= 0.6 is 15.9 Å². The zero-order chi connectivity index (χ0) is 19.9. The van der Waals surface area contributed by atoms with Crippen LogP contribution in [0.1, 0.15) is 38.8 Å². The van der Waals surface area contributed by atoms with Crippen LogP contribution in [0.25, 0.3) is 0 Å². The van der Waals surface area contributed by atoms with Gasteiger partial charge in [0, 0.05) is 42.3 Å². The molecule has 0 aliphatic carbocycles. The summed E-state index contributed by atoms with van der Waals surface area (Å²) >= 11 is 3.35. The number of carboxylic acid groups (broad SMARTS) is 1. The van der Waals surface area contributed by atoms with E-state index in [2.05, 4.69) is 20.8 Å². The van der Waals surface area contributed by atoms with Gasteiger partial charge in [-0.1, -0.05) is 36.7 Å². The molecule has 0 bridgehead atoms. The number of halogens is 1. The molecular weight excluding hydrogens is 402 g/mol. The maximum absolute atomic E-state index is 11.7. The quantitative estimate of drug-likeness (QED) is 0.574. The first kappa shape index (κ1) is 20.6. The number of carbonyl (C=O) groups is 1. The Kier molecular flexibility index (Phi) is 5.68. The minimum atomic E-state index is -0.906. The van der Waals surface area contributed by atoms with Crippen molar-refractivity contribution in [1.29, 1.82) is 0 Å². The van der Waals surface area contributed by atoms with Gasteiger partial charge in [0.1, 0.15) is 0 Å². The molecule has 2 rings (SSSR count). The van der Waals surface area contributed by atoms with Gasteiger partial charge in [-0.2, -0.15) is 0 Å². The molecule has 8 heteroatoms. The average molecular weight is 428 g/mol. The van der Waals surface area contributed by atoms with Crippen molar-refractivity contribution < 1.29 is 14.8 Å². The van der Waals surface area contributed by atoms with Crippen molar-refractivity contribution in [3.05, 3.63) is 37.8 Å². The molecule has 1 aromatic carbocycles. The molecule has 0 spiro atoms. The third-order valence-corrected chi connectivity index (χ3v) is 6.11. The lowest BCUT2D eigenvalue weighted by molar-refractivity contribution is -0.385. The molecule has 1 amide bonds. The van der Waals surface area contributed by atoms with E-state index in [1.54, 1.807) is 6.92 Å². The normalized spacial score (nSPS) is 21.7. The molecule has 1 saturated heterocycles. The second-order valence-corrected chi connectivity index (χ2v) is 9.05. The lowest BCUT2D eigenvalue weighted by Crippen LogP contribution is -2.67. The highest BCUT2D eigenvalue weighted by atomic mass is 79.9. The molecule has 0 radical (unpaired) electrons. The molecule has 1 heterocycles. The van der Waals surface area contributed by atoms with E-state index < -0.39 is 11.6 Å². The van der Waals surface area contributed by atoms with E-state index in [4.69, 9.17) is 0 Å². The first-order valence-corrected chi connectivity index (χ1v) is 9.32. The van der Waals surface area contributed by atoms with Crippen molar-refractivity contribution in [2.45, 2.75) is 46.7 Å². The fourth-order valence-corrected chi connectivity index (χ4v) is 3.98. The zero-order valence-electron chi connectivity index (χ0n) is 15.9. The number of hydrogen-bond donors (Lipinski definition) is 1. The van der Waals surface area contributed by atoms with Crippen molar-refractivity contribution in [2.75, 3.05) is 19.6 Å². The van der Waals surface area contributed by atoms with Gasteiger partial charge < -0.3 is 5.11 Å². The number of hydrogen-bond acceptors (Lipinski definition) is 4. The van der Waals surface area contributed by atoms with E-state index in [0.717, 1.165) is 5.56 Å². The summed E-state index contributed by atoms with van der Waals surface area (Å²) in [6.07, 6.45) is -0.906. The Morgan fingerprint density at radius 2 is 2.00 bits per heavy atom. The van der Waals surface area contributed by atoms with Gasteiger partial charge >= 0.3 is 6.09 Å². The van der Waals surface area contributed by atoms with Gasteiger partial charge in [0.2, 0.25) is 0 Å². The minimum absolute atomic E-state index is 0.0946. The molecule has 26 heavy (non-hydrogen) atoms. The van der Waals surface area contributed by atoms with Crippen molar-refractivity contribution in [1.82, 2.24) is 9.80 Å². The fourth-order valence-electron chi connectivity index (χ4n) is 3.49. The second kappa shape index (κ2) is 7.15. The Morgan fingerprint density at radius 1 is 1.38 bits per heavy atom. The maximum atomic E-state index is 11.7. The second-order valence-electron chi connectivity index (χ2n) is 8.13. The number of nitro benzene ring substituents is 1. The number of rotatable bonds is 3. The van der Waals surface area contributed by atoms with Gasteiger partial charge in [-0.05, 0) is 30.9 Å². The molecule has 1 atom stereocenters. The van der Waals surface area contributed by atoms with Crippen molar-refractivity contribution in [3.63, 3.8) is 0 Å². The monoisotopic (exact) mass is 427 g/mol. The first-order valence-electron chi connectivity index (χ1n) is 8.53. The summed E-state index contributed by atoms with van der Waals surface area (Å²) in [5, 5.41) is 20.9. The third kappa shape index (κ3) is 3.86. The van der Waals surface area contributed by atoms with E-state index in [9.17, 15) is 20.0 Å². The predicted molar refractivity (Wildman–Crippen MR) is 103 cm³/mol. The molecule has 144 valence electrons. The van der Waals surface area contributed by atoms with Crippen LogP contribution in [0, 0.1) is 22.5 Å². The van der Waals surface area contributed by atoms with E-state index in [1.807, 2.05) is 33.8 Å². The van der Waals surface area contributed by atoms with Crippen LogP contribution in [0.2, 0.25) is 0 Å². The van der Waals surface area contributed by atoms with Crippen LogP contribution < -0.4 is 0 Å². The van der Waals surface area contributed by atoms with Gasteiger partial charge in [0.05, 0.1) is 10.5 Å². The van der Waals surface area contributed by atoms with E-state index in [-0.39, 0.29) is 16.0 Å². The van der Waals surface area contributed by atoms with Gasteiger partial charge in [-0.25, -0.2) is 4.79 Å². The molecule has 1 aliphatic rings. The SMILES string of the molecule is Cc1c(CN2CCN(C(=O)O)C(C)(C(C)(C)C)C2)cc(Br)cc1[N+](=O)[O-]. The Morgan fingerprint density at radius 3 is 2.50 bits per heavy atom.